The van der Waals surface area contributed by atoms with Gasteiger partial charge in [-0.25, -0.2) is 21.6 Å². The lowest BCUT2D eigenvalue weighted by Crippen LogP contribution is -2.41. The molecule has 0 bridgehead atoms. The van der Waals surface area contributed by atoms with E-state index in [4.69, 9.17) is 0 Å². The van der Waals surface area contributed by atoms with Crippen LogP contribution in [0.2, 0.25) is 0 Å². The number of sulfonamides is 1. The van der Waals surface area contributed by atoms with E-state index in [9.17, 15) is 16.8 Å². The number of benzene rings is 2. The third-order valence-electron chi connectivity index (χ3n) is 3.83. The molecule has 0 amide bonds. The van der Waals surface area contributed by atoms with Gasteiger partial charge in [0.1, 0.15) is 0 Å². The first-order valence-corrected chi connectivity index (χ1v) is 11.6. The van der Waals surface area contributed by atoms with Gasteiger partial charge in [0.2, 0.25) is 10.0 Å². The molecule has 25 heavy (non-hydrogen) atoms. The molecular weight excluding hydrogens is 426 g/mol. The first kappa shape index (κ1) is 20.1. The molecular formula is C17H20BrNO4S2. The summed E-state index contributed by atoms with van der Waals surface area (Å²) < 4.78 is 52.8. The minimum absolute atomic E-state index is 0.0278. The predicted molar refractivity (Wildman–Crippen MR) is 102 cm³/mol. The Morgan fingerprint density at radius 2 is 1.52 bits per heavy atom. The van der Waals surface area contributed by atoms with Crippen molar-refractivity contribution < 1.29 is 16.8 Å². The quantitative estimate of drug-likeness (QED) is 0.764. The number of sulfone groups is 1. The van der Waals surface area contributed by atoms with Gasteiger partial charge in [0.05, 0.1) is 15.3 Å². The minimum Gasteiger partial charge on any atom is -0.224 e. The SMILES string of the molecule is Cc1ccc(S(C)(=O)=O)cc1S(=O)(=O)NC(C)(C)c1ccc(Br)cc1. The Morgan fingerprint density at radius 1 is 0.960 bits per heavy atom. The van der Waals surface area contributed by atoms with Crippen LogP contribution < -0.4 is 4.72 Å². The smallest absolute Gasteiger partial charge is 0.224 e. The average molecular weight is 446 g/mol. The number of aryl methyl sites for hydroxylation is 1. The van der Waals surface area contributed by atoms with Gasteiger partial charge in [-0.2, -0.15) is 0 Å². The molecule has 0 fully saturated rings. The zero-order chi connectivity index (χ0) is 19.0. The monoisotopic (exact) mass is 445 g/mol. The van der Waals surface area contributed by atoms with Crippen LogP contribution in [0.15, 0.2) is 56.7 Å². The predicted octanol–water partition coefficient (Wildman–Crippen LogP) is 3.37. The van der Waals surface area contributed by atoms with Gasteiger partial charge in [-0.05, 0) is 56.2 Å². The van der Waals surface area contributed by atoms with Crippen molar-refractivity contribution in [2.24, 2.45) is 0 Å². The van der Waals surface area contributed by atoms with Crippen molar-refractivity contribution in [2.45, 2.75) is 36.1 Å². The fraction of sp³-hybridized carbons (Fsp3) is 0.294. The number of nitrogens with one attached hydrogen (secondary N) is 1. The van der Waals surface area contributed by atoms with Crippen LogP contribution in [0.1, 0.15) is 25.0 Å². The van der Waals surface area contributed by atoms with E-state index in [1.54, 1.807) is 20.8 Å². The molecule has 0 heterocycles. The van der Waals surface area contributed by atoms with Gasteiger partial charge < -0.3 is 0 Å². The van der Waals surface area contributed by atoms with Crippen LogP contribution in [0.4, 0.5) is 0 Å². The highest BCUT2D eigenvalue weighted by Gasteiger charge is 2.29. The molecule has 0 aliphatic carbocycles. The van der Waals surface area contributed by atoms with Crippen LogP contribution in [-0.4, -0.2) is 23.1 Å². The summed E-state index contributed by atoms with van der Waals surface area (Å²) in [5.41, 5.74) is 0.398. The maximum Gasteiger partial charge on any atom is 0.241 e. The van der Waals surface area contributed by atoms with Gasteiger partial charge in [0.15, 0.2) is 9.84 Å². The topological polar surface area (TPSA) is 80.3 Å². The van der Waals surface area contributed by atoms with Crippen molar-refractivity contribution in [2.75, 3.05) is 6.26 Å². The molecule has 0 atom stereocenters. The molecule has 1 N–H and O–H groups in total. The summed E-state index contributed by atoms with van der Waals surface area (Å²) in [6.45, 7) is 5.14. The van der Waals surface area contributed by atoms with Crippen LogP contribution >= 0.6 is 15.9 Å². The lowest BCUT2D eigenvalue weighted by molar-refractivity contribution is 0.471. The highest BCUT2D eigenvalue weighted by atomic mass is 79.9. The Balaban J connectivity index is 2.47. The number of hydrogen-bond donors (Lipinski definition) is 1. The largest absolute Gasteiger partial charge is 0.241 e. The van der Waals surface area contributed by atoms with E-state index in [2.05, 4.69) is 20.7 Å². The second-order valence-electron chi connectivity index (χ2n) is 6.44. The summed E-state index contributed by atoms with van der Waals surface area (Å²) in [7, 11) is -7.42. The average Bonchev–Trinajstić information content (AvgIpc) is 2.45. The van der Waals surface area contributed by atoms with Crippen molar-refractivity contribution >= 4 is 35.8 Å². The summed E-state index contributed by atoms with van der Waals surface area (Å²) in [6.07, 6.45) is 1.05. The van der Waals surface area contributed by atoms with Crippen LogP contribution in [0.3, 0.4) is 0 Å². The Bertz CT molecular complexity index is 995. The van der Waals surface area contributed by atoms with E-state index >= 15 is 0 Å². The molecule has 8 heteroatoms. The van der Waals surface area contributed by atoms with Crippen molar-refractivity contribution in [1.29, 1.82) is 0 Å². The molecule has 0 unspecified atom stereocenters. The second kappa shape index (κ2) is 6.83. The first-order valence-electron chi connectivity index (χ1n) is 7.44. The van der Waals surface area contributed by atoms with E-state index < -0.39 is 25.4 Å². The minimum atomic E-state index is -3.92. The van der Waals surface area contributed by atoms with E-state index in [1.807, 2.05) is 24.3 Å². The molecule has 0 saturated heterocycles. The zero-order valence-corrected chi connectivity index (χ0v) is 17.6. The van der Waals surface area contributed by atoms with Gasteiger partial charge in [-0.3, -0.25) is 0 Å². The molecule has 0 saturated carbocycles. The van der Waals surface area contributed by atoms with E-state index in [0.717, 1.165) is 16.3 Å². The van der Waals surface area contributed by atoms with Gasteiger partial charge in [-0.15, -0.1) is 0 Å². The normalized spacial score (nSPS) is 13.0. The summed E-state index contributed by atoms with van der Waals surface area (Å²) in [5.74, 6) is 0. The molecule has 2 aromatic carbocycles. The fourth-order valence-corrected chi connectivity index (χ4v) is 5.08. The molecule has 0 aromatic heterocycles. The van der Waals surface area contributed by atoms with Gasteiger partial charge >= 0.3 is 0 Å². The highest BCUT2D eigenvalue weighted by molar-refractivity contribution is 9.10. The summed E-state index contributed by atoms with van der Waals surface area (Å²) in [6, 6.07) is 11.4. The van der Waals surface area contributed by atoms with Gasteiger partial charge in [0.25, 0.3) is 0 Å². The molecule has 0 aliphatic heterocycles. The molecule has 2 rings (SSSR count). The van der Waals surface area contributed by atoms with Crippen LogP contribution in [0.25, 0.3) is 0 Å². The standard InChI is InChI=1S/C17H20BrNO4S2/c1-12-5-10-15(24(4,20)21)11-16(12)25(22,23)19-17(2,3)13-6-8-14(18)9-7-13/h5-11,19H,1-4H3. The number of halogens is 1. The van der Waals surface area contributed by atoms with Crippen LogP contribution in [0, 0.1) is 6.92 Å². The number of rotatable bonds is 5. The molecule has 5 nitrogen and oxygen atoms in total. The summed E-state index contributed by atoms with van der Waals surface area (Å²) in [5, 5.41) is 0. The first-order chi connectivity index (χ1) is 11.3. The Labute approximate surface area is 157 Å². The van der Waals surface area contributed by atoms with Crippen molar-refractivity contribution in [3.8, 4) is 0 Å². The highest BCUT2D eigenvalue weighted by Crippen LogP contribution is 2.27. The Morgan fingerprint density at radius 3 is 2.04 bits per heavy atom. The third kappa shape index (κ3) is 4.69. The molecule has 2 aromatic rings. The van der Waals surface area contributed by atoms with Crippen molar-refractivity contribution in [3.05, 3.63) is 58.1 Å². The van der Waals surface area contributed by atoms with Crippen LogP contribution in [-0.2, 0) is 25.4 Å². The van der Waals surface area contributed by atoms with E-state index in [-0.39, 0.29) is 9.79 Å². The molecule has 0 radical (unpaired) electrons. The lowest BCUT2D eigenvalue weighted by Gasteiger charge is -2.27. The summed E-state index contributed by atoms with van der Waals surface area (Å²) in [4.78, 5) is -0.0689. The van der Waals surface area contributed by atoms with Crippen molar-refractivity contribution in [3.63, 3.8) is 0 Å². The van der Waals surface area contributed by atoms with E-state index in [0.29, 0.717) is 5.56 Å². The van der Waals surface area contributed by atoms with E-state index in [1.165, 1.54) is 18.2 Å². The molecule has 0 aliphatic rings. The van der Waals surface area contributed by atoms with Crippen molar-refractivity contribution in [1.82, 2.24) is 4.72 Å². The lowest BCUT2D eigenvalue weighted by atomic mass is 9.96. The number of hydrogen-bond acceptors (Lipinski definition) is 4. The molecule has 136 valence electrons. The maximum atomic E-state index is 12.9. The Kier molecular flexibility index (Phi) is 5.49. The zero-order valence-electron chi connectivity index (χ0n) is 14.4. The third-order valence-corrected chi connectivity index (χ3v) is 7.27. The van der Waals surface area contributed by atoms with Crippen LogP contribution in [0.5, 0.6) is 0 Å². The maximum absolute atomic E-state index is 12.9. The molecule has 0 spiro atoms. The second-order valence-corrected chi connectivity index (χ2v) is 11.0. The Hall–Kier alpha value is -1.22. The summed E-state index contributed by atoms with van der Waals surface area (Å²) >= 11 is 3.35. The van der Waals surface area contributed by atoms with Gasteiger partial charge in [-0.1, -0.05) is 34.1 Å². The fourth-order valence-electron chi connectivity index (χ4n) is 2.42. The van der Waals surface area contributed by atoms with Gasteiger partial charge in [0, 0.05) is 10.7 Å².